The Labute approximate surface area is 194 Å². The van der Waals surface area contributed by atoms with Gasteiger partial charge in [0.15, 0.2) is 16.9 Å². The fourth-order valence-corrected chi connectivity index (χ4v) is 4.53. The van der Waals surface area contributed by atoms with Crippen molar-refractivity contribution in [2.75, 3.05) is 34.3 Å². The van der Waals surface area contributed by atoms with Crippen molar-refractivity contribution in [1.29, 1.82) is 0 Å². The molecule has 2 aromatic carbocycles. The summed E-state index contributed by atoms with van der Waals surface area (Å²) in [6.45, 7) is 4.89. The summed E-state index contributed by atoms with van der Waals surface area (Å²) in [5.41, 5.74) is 3.10. The topological polar surface area (TPSA) is 83.2 Å². The lowest BCUT2D eigenvalue weighted by molar-refractivity contribution is 0.0716. The standard InChI is InChI=1S/C24H25BrN2O5/c1-12-8-15-17(9-13(12)2)32-23-19(21(15)28)20(27(24(23)30)7-6-26(3)4)14-10-16(25)22(29)18(11-14)31-5/h8-11,20,29H,6-7H2,1-5H3. The number of carbonyl (C=O) groups excluding carboxylic acids is 1. The van der Waals surface area contributed by atoms with Crippen LogP contribution in [0, 0.1) is 13.8 Å². The number of methoxy groups -OCH3 is 1. The highest BCUT2D eigenvalue weighted by atomic mass is 79.9. The molecule has 32 heavy (non-hydrogen) atoms. The number of benzene rings is 2. The van der Waals surface area contributed by atoms with Crippen molar-refractivity contribution in [1.82, 2.24) is 9.80 Å². The van der Waals surface area contributed by atoms with Crippen molar-refractivity contribution in [2.24, 2.45) is 0 Å². The summed E-state index contributed by atoms with van der Waals surface area (Å²) in [5, 5.41) is 10.7. The van der Waals surface area contributed by atoms with E-state index in [9.17, 15) is 14.7 Å². The molecule has 1 unspecified atom stereocenters. The first kappa shape index (κ1) is 22.4. The molecule has 1 amide bonds. The fraction of sp³-hybridized carbons (Fsp3) is 0.333. The van der Waals surface area contributed by atoms with E-state index < -0.39 is 6.04 Å². The summed E-state index contributed by atoms with van der Waals surface area (Å²) in [6.07, 6.45) is 0. The normalized spacial score (nSPS) is 15.7. The molecule has 0 bridgehead atoms. The highest BCUT2D eigenvalue weighted by Gasteiger charge is 2.43. The Morgan fingerprint density at radius 3 is 2.50 bits per heavy atom. The van der Waals surface area contributed by atoms with Crippen molar-refractivity contribution >= 4 is 32.8 Å². The fourth-order valence-electron chi connectivity index (χ4n) is 4.07. The SMILES string of the molecule is COc1cc(C2c3c(oc4cc(C)c(C)cc4c3=O)C(=O)N2CCN(C)C)cc(Br)c1O. The van der Waals surface area contributed by atoms with E-state index in [0.717, 1.165) is 11.1 Å². The van der Waals surface area contributed by atoms with Crippen LogP contribution < -0.4 is 10.2 Å². The largest absolute Gasteiger partial charge is 0.503 e. The van der Waals surface area contributed by atoms with Gasteiger partial charge >= 0.3 is 0 Å². The van der Waals surface area contributed by atoms with Gasteiger partial charge in [0.2, 0.25) is 5.76 Å². The molecule has 1 aliphatic heterocycles. The summed E-state index contributed by atoms with van der Waals surface area (Å²) >= 11 is 3.35. The van der Waals surface area contributed by atoms with Crippen LogP contribution in [0.5, 0.6) is 11.5 Å². The summed E-state index contributed by atoms with van der Waals surface area (Å²) in [6, 6.07) is 6.31. The molecule has 4 rings (SSSR count). The zero-order chi connectivity index (χ0) is 23.3. The van der Waals surface area contributed by atoms with Gasteiger partial charge in [-0.1, -0.05) is 0 Å². The van der Waals surface area contributed by atoms with E-state index >= 15 is 0 Å². The first-order chi connectivity index (χ1) is 15.1. The van der Waals surface area contributed by atoms with Crippen LogP contribution in [0.3, 0.4) is 0 Å². The molecule has 1 aromatic heterocycles. The highest BCUT2D eigenvalue weighted by molar-refractivity contribution is 9.10. The van der Waals surface area contributed by atoms with E-state index in [0.29, 0.717) is 39.7 Å². The quantitative estimate of drug-likeness (QED) is 0.570. The molecule has 7 nitrogen and oxygen atoms in total. The van der Waals surface area contributed by atoms with E-state index in [4.69, 9.17) is 9.15 Å². The van der Waals surface area contributed by atoms with Gasteiger partial charge in [-0.15, -0.1) is 0 Å². The third-order valence-corrected chi connectivity index (χ3v) is 6.56. The minimum Gasteiger partial charge on any atom is -0.503 e. The average molecular weight is 501 g/mol. The van der Waals surface area contributed by atoms with Crippen LogP contribution in [0.1, 0.15) is 38.9 Å². The van der Waals surface area contributed by atoms with Crippen LogP contribution >= 0.6 is 15.9 Å². The van der Waals surface area contributed by atoms with E-state index in [2.05, 4.69) is 15.9 Å². The number of rotatable bonds is 5. The maximum absolute atomic E-state index is 13.7. The number of carbonyl (C=O) groups is 1. The zero-order valence-corrected chi connectivity index (χ0v) is 20.2. The van der Waals surface area contributed by atoms with E-state index in [1.807, 2.05) is 38.9 Å². The molecule has 0 aliphatic carbocycles. The molecule has 0 radical (unpaired) electrons. The Hall–Kier alpha value is -2.84. The first-order valence-electron chi connectivity index (χ1n) is 10.2. The van der Waals surface area contributed by atoms with Gasteiger partial charge < -0.3 is 24.1 Å². The van der Waals surface area contributed by atoms with Crippen molar-refractivity contribution in [3.63, 3.8) is 0 Å². The number of likely N-dealkylation sites (N-methyl/N-ethyl adjacent to an activating group) is 1. The first-order valence-corrected chi connectivity index (χ1v) is 11.0. The van der Waals surface area contributed by atoms with Gasteiger partial charge in [-0.2, -0.15) is 0 Å². The predicted molar refractivity (Wildman–Crippen MR) is 126 cm³/mol. The molecule has 2 heterocycles. The summed E-state index contributed by atoms with van der Waals surface area (Å²) < 4.78 is 11.8. The second-order valence-corrected chi connectivity index (χ2v) is 9.22. The minimum atomic E-state index is -0.662. The number of halogens is 1. The molecule has 1 N–H and O–H groups in total. The smallest absolute Gasteiger partial charge is 0.290 e. The monoisotopic (exact) mass is 500 g/mol. The van der Waals surface area contributed by atoms with E-state index in [1.54, 1.807) is 23.1 Å². The van der Waals surface area contributed by atoms with Crippen LogP contribution in [0.25, 0.3) is 11.0 Å². The molecule has 3 aromatic rings. The molecular weight excluding hydrogens is 476 g/mol. The lowest BCUT2D eigenvalue weighted by Gasteiger charge is -2.27. The summed E-state index contributed by atoms with van der Waals surface area (Å²) in [4.78, 5) is 30.7. The average Bonchev–Trinajstić information content (AvgIpc) is 3.02. The van der Waals surface area contributed by atoms with Crippen molar-refractivity contribution in [2.45, 2.75) is 19.9 Å². The number of phenolic OH excluding ortho intramolecular Hbond substituents is 1. The van der Waals surface area contributed by atoms with Gasteiger partial charge in [0, 0.05) is 13.1 Å². The van der Waals surface area contributed by atoms with Crippen LogP contribution in [0.4, 0.5) is 0 Å². The number of hydrogen-bond donors (Lipinski definition) is 1. The molecule has 168 valence electrons. The Morgan fingerprint density at radius 1 is 1.16 bits per heavy atom. The molecule has 0 saturated carbocycles. The third kappa shape index (κ3) is 3.57. The van der Waals surface area contributed by atoms with Gasteiger partial charge in [-0.3, -0.25) is 9.59 Å². The third-order valence-electron chi connectivity index (χ3n) is 5.96. The van der Waals surface area contributed by atoms with Gasteiger partial charge in [-0.05, 0) is 84.8 Å². The summed E-state index contributed by atoms with van der Waals surface area (Å²) in [7, 11) is 5.30. The Morgan fingerprint density at radius 2 is 1.84 bits per heavy atom. The van der Waals surface area contributed by atoms with Crippen LogP contribution in [-0.4, -0.2) is 55.1 Å². The molecular formula is C24H25BrN2O5. The van der Waals surface area contributed by atoms with Crippen molar-refractivity contribution in [3.05, 3.63) is 67.0 Å². The lowest BCUT2D eigenvalue weighted by atomic mass is 9.97. The maximum atomic E-state index is 13.7. The van der Waals surface area contributed by atoms with Crippen LogP contribution in [-0.2, 0) is 0 Å². The molecule has 8 heteroatoms. The van der Waals surface area contributed by atoms with Crippen molar-refractivity contribution < 1.29 is 19.1 Å². The minimum absolute atomic E-state index is 0.0442. The Kier molecular flexibility index (Phi) is 5.77. The van der Waals surface area contributed by atoms with E-state index in [1.165, 1.54) is 7.11 Å². The number of hydrogen-bond acceptors (Lipinski definition) is 6. The van der Waals surface area contributed by atoms with Crippen LogP contribution in [0.15, 0.2) is 37.9 Å². The second-order valence-electron chi connectivity index (χ2n) is 8.36. The van der Waals surface area contributed by atoms with Gasteiger partial charge in [-0.25, -0.2) is 0 Å². The van der Waals surface area contributed by atoms with Gasteiger partial charge in [0.1, 0.15) is 5.58 Å². The number of nitrogens with zero attached hydrogens (tertiary/aromatic N) is 2. The molecule has 1 aliphatic rings. The zero-order valence-electron chi connectivity index (χ0n) is 18.7. The Balaban J connectivity index is 2.00. The van der Waals surface area contributed by atoms with Gasteiger partial charge in [0.05, 0.1) is 28.6 Å². The second kappa shape index (κ2) is 8.26. The number of aryl methyl sites for hydroxylation is 2. The lowest BCUT2D eigenvalue weighted by Crippen LogP contribution is -2.35. The molecule has 0 saturated heterocycles. The van der Waals surface area contributed by atoms with E-state index in [-0.39, 0.29) is 28.6 Å². The Bertz CT molecular complexity index is 1300. The highest BCUT2D eigenvalue weighted by Crippen LogP contribution is 2.43. The number of fused-ring (bicyclic) bond motifs is 2. The number of amides is 1. The summed E-state index contributed by atoms with van der Waals surface area (Å²) in [5.74, 6) is -0.0540. The molecule has 0 spiro atoms. The van der Waals surface area contributed by atoms with Crippen molar-refractivity contribution in [3.8, 4) is 11.5 Å². The molecule has 0 fully saturated rings. The number of ether oxygens (including phenoxy) is 1. The number of aromatic hydroxyl groups is 1. The molecule has 1 atom stereocenters. The van der Waals surface area contributed by atoms with Crippen LogP contribution in [0.2, 0.25) is 0 Å². The predicted octanol–water partition coefficient (Wildman–Crippen LogP) is 3.99. The van der Waals surface area contributed by atoms with Gasteiger partial charge in [0.25, 0.3) is 5.91 Å². The maximum Gasteiger partial charge on any atom is 0.290 e. The number of phenols is 1.